The molecule has 1 N–H and O–H groups in total. The van der Waals surface area contributed by atoms with Crippen LogP contribution in [0.2, 0.25) is 0 Å². The molecule has 0 aliphatic rings. The molecule has 0 aliphatic carbocycles. The molecule has 0 saturated heterocycles. The highest BCUT2D eigenvalue weighted by Crippen LogP contribution is 2.09. The summed E-state index contributed by atoms with van der Waals surface area (Å²) in [4.78, 5) is 4.44. The second kappa shape index (κ2) is 10.9. The summed E-state index contributed by atoms with van der Waals surface area (Å²) in [5, 5.41) is 3.40. The van der Waals surface area contributed by atoms with Gasteiger partial charge in [-0.05, 0) is 6.42 Å². The third-order valence-corrected chi connectivity index (χ3v) is 3.65. The van der Waals surface area contributed by atoms with Crippen LogP contribution < -0.4 is 5.32 Å². The summed E-state index contributed by atoms with van der Waals surface area (Å²) < 4.78 is 2.23. The molecular formula is C17H33N3. The SMILES string of the molecule is CCCCCCCCCCn1cnc(CNC(C)C)c1. The molecule has 0 spiro atoms. The van der Waals surface area contributed by atoms with Crippen LogP contribution in [-0.2, 0) is 13.1 Å². The van der Waals surface area contributed by atoms with Gasteiger partial charge in [-0.25, -0.2) is 4.98 Å². The van der Waals surface area contributed by atoms with Gasteiger partial charge in [0.15, 0.2) is 0 Å². The molecule has 0 amide bonds. The van der Waals surface area contributed by atoms with Gasteiger partial charge in [0.2, 0.25) is 0 Å². The molecule has 116 valence electrons. The maximum Gasteiger partial charge on any atom is 0.0949 e. The second-order valence-corrected chi connectivity index (χ2v) is 6.11. The van der Waals surface area contributed by atoms with E-state index in [4.69, 9.17) is 0 Å². The molecule has 20 heavy (non-hydrogen) atoms. The van der Waals surface area contributed by atoms with Crippen LogP contribution in [0.4, 0.5) is 0 Å². The lowest BCUT2D eigenvalue weighted by Crippen LogP contribution is -2.21. The number of rotatable bonds is 12. The Balaban J connectivity index is 2.01. The average molecular weight is 279 g/mol. The van der Waals surface area contributed by atoms with E-state index in [9.17, 15) is 0 Å². The van der Waals surface area contributed by atoms with Crippen molar-refractivity contribution in [3.8, 4) is 0 Å². The predicted octanol–water partition coefficient (Wildman–Crippen LogP) is 4.52. The number of aromatic nitrogens is 2. The van der Waals surface area contributed by atoms with Crippen molar-refractivity contribution >= 4 is 0 Å². The van der Waals surface area contributed by atoms with Gasteiger partial charge in [-0.15, -0.1) is 0 Å². The third-order valence-electron chi connectivity index (χ3n) is 3.65. The lowest BCUT2D eigenvalue weighted by Gasteiger charge is -2.05. The minimum atomic E-state index is 0.521. The summed E-state index contributed by atoms with van der Waals surface area (Å²) in [5.41, 5.74) is 1.15. The van der Waals surface area contributed by atoms with Gasteiger partial charge in [-0.1, -0.05) is 65.7 Å². The fourth-order valence-electron chi connectivity index (χ4n) is 2.36. The number of hydrogen-bond acceptors (Lipinski definition) is 2. The Hall–Kier alpha value is -0.830. The van der Waals surface area contributed by atoms with Crippen LogP contribution in [0.5, 0.6) is 0 Å². The van der Waals surface area contributed by atoms with E-state index in [1.807, 2.05) is 6.33 Å². The summed E-state index contributed by atoms with van der Waals surface area (Å²) in [6.07, 6.45) is 15.2. The zero-order valence-corrected chi connectivity index (χ0v) is 13.7. The van der Waals surface area contributed by atoms with Crippen molar-refractivity contribution in [2.24, 2.45) is 0 Å². The monoisotopic (exact) mass is 279 g/mol. The second-order valence-electron chi connectivity index (χ2n) is 6.11. The van der Waals surface area contributed by atoms with Crippen molar-refractivity contribution < 1.29 is 0 Å². The summed E-state index contributed by atoms with van der Waals surface area (Å²) in [7, 11) is 0. The first-order chi connectivity index (χ1) is 9.72. The Morgan fingerprint density at radius 3 is 2.35 bits per heavy atom. The smallest absolute Gasteiger partial charge is 0.0949 e. The van der Waals surface area contributed by atoms with Crippen molar-refractivity contribution in [2.75, 3.05) is 0 Å². The molecule has 1 aromatic heterocycles. The molecule has 1 aromatic rings. The first-order valence-electron chi connectivity index (χ1n) is 8.46. The minimum Gasteiger partial charge on any atom is -0.337 e. The Bertz CT molecular complexity index is 331. The topological polar surface area (TPSA) is 29.9 Å². The maximum absolute atomic E-state index is 4.44. The van der Waals surface area contributed by atoms with Gasteiger partial charge in [-0.3, -0.25) is 0 Å². The molecule has 0 bridgehead atoms. The molecular weight excluding hydrogens is 246 g/mol. The molecule has 0 radical (unpaired) electrons. The molecule has 0 aliphatic heterocycles. The van der Waals surface area contributed by atoms with E-state index in [0.29, 0.717) is 6.04 Å². The van der Waals surface area contributed by atoms with Crippen LogP contribution in [0.15, 0.2) is 12.5 Å². The average Bonchev–Trinajstić information content (AvgIpc) is 2.87. The Morgan fingerprint density at radius 2 is 1.70 bits per heavy atom. The third kappa shape index (κ3) is 8.36. The number of hydrogen-bond donors (Lipinski definition) is 1. The van der Waals surface area contributed by atoms with Crippen molar-refractivity contribution in [3.05, 3.63) is 18.2 Å². The van der Waals surface area contributed by atoms with Crippen LogP contribution in [-0.4, -0.2) is 15.6 Å². The number of nitrogens with one attached hydrogen (secondary N) is 1. The van der Waals surface area contributed by atoms with Crippen molar-refractivity contribution in [1.82, 2.24) is 14.9 Å². The largest absolute Gasteiger partial charge is 0.337 e. The molecule has 3 nitrogen and oxygen atoms in total. The lowest BCUT2D eigenvalue weighted by atomic mass is 10.1. The molecule has 0 fully saturated rings. The number of imidazole rings is 1. The van der Waals surface area contributed by atoms with E-state index in [-0.39, 0.29) is 0 Å². The first kappa shape index (κ1) is 17.2. The summed E-state index contributed by atoms with van der Waals surface area (Å²) in [6.45, 7) is 8.59. The highest BCUT2D eigenvalue weighted by molar-refractivity contribution is 4.96. The van der Waals surface area contributed by atoms with Gasteiger partial charge in [0.25, 0.3) is 0 Å². The predicted molar refractivity (Wildman–Crippen MR) is 86.8 cm³/mol. The maximum atomic E-state index is 4.44. The molecule has 0 aromatic carbocycles. The van der Waals surface area contributed by atoms with E-state index in [0.717, 1.165) is 18.8 Å². The van der Waals surface area contributed by atoms with E-state index in [1.165, 1.54) is 51.4 Å². The van der Waals surface area contributed by atoms with Gasteiger partial charge in [0, 0.05) is 25.3 Å². The minimum absolute atomic E-state index is 0.521. The highest BCUT2D eigenvalue weighted by atomic mass is 15.0. The van der Waals surface area contributed by atoms with Gasteiger partial charge < -0.3 is 9.88 Å². The van der Waals surface area contributed by atoms with Crippen LogP contribution in [0.25, 0.3) is 0 Å². The Morgan fingerprint density at radius 1 is 1.05 bits per heavy atom. The fraction of sp³-hybridized carbons (Fsp3) is 0.824. The standard InChI is InChI=1S/C17H33N3/c1-4-5-6-7-8-9-10-11-12-20-14-17(19-15-20)13-18-16(2)3/h14-16,18H,4-13H2,1-3H3. The molecule has 1 heterocycles. The normalized spacial score (nSPS) is 11.4. The van der Waals surface area contributed by atoms with Crippen molar-refractivity contribution in [2.45, 2.75) is 91.3 Å². The zero-order chi connectivity index (χ0) is 14.6. The van der Waals surface area contributed by atoms with E-state index in [2.05, 4.69) is 41.8 Å². The van der Waals surface area contributed by atoms with Crippen molar-refractivity contribution in [3.63, 3.8) is 0 Å². The first-order valence-corrected chi connectivity index (χ1v) is 8.46. The molecule has 0 atom stereocenters. The highest BCUT2D eigenvalue weighted by Gasteiger charge is 2.00. The van der Waals surface area contributed by atoms with Gasteiger partial charge in [-0.2, -0.15) is 0 Å². The van der Waals surface area contributed by atoms with E-state index >= 15 is 0 Å². The van der Waals surface area contributed by atoms with Gasteiger partial charge >= 0.3 is 0 Å². The van der Waals surface area contributed by atoms with Gasteiger partial charge in [0.1, 0.15) is 0 Å². The summed E-state index contributed by atoms with van der Waals surface area (Å²) in [6, 6.07) is 0.521. The van der Waals surface area contributed by atoms with E-state index < -0.39 is 0 Å². The van der Waals surface area contributed by atoms with Crippen LogP contribution >= 0.6 is 0 Å². The number of unbranched alkanes of at least 4 members (excludes halogenated alkanes) is 7. The molecule has 1 rings (SSSR count). The van der Waals surface area contributed by atoms with Crippen LogP contribution in [0.3, 0.4) is 0 Å². The van der Waals surface area contributed by atoms with Crippen LogP contribution in [0.1, 0.15) is 77.8 Å². The van der Waals surface area contributed by atoms with Crippen LogP contribution in [0, 0.1) is 0 Å². The Labute approximate surface area is 125 Å². The molecule has 0 saturated carbocycles. The molecule has 3 heteroatoms. The van der Waals surface area contributed by atoms with Crippen molar-refractivity contribution in [1.29, 1.82) is 0 Å². The quantitative estimate of drug-likeness (QED) is 0.570. The fourth-order valence-corrected chi connectivity index (χ4v) is 2.36. The number of aryl methyl sites for hydroxylation is 1. The molecule has 0 unspecified atom stereocenters. The number of nitrogens with zero attached hydrogens (tertiary/aromatic N) is 2. The van der Waals surface area contributed by atoms with Gasteiger partial charge in [0.05, 0.1) is 12.0 Å². The Kier molecular flexibility index (Phi) is 9.38. The lowest BCUT2D eigenvalue weighted by molar-refractivity contribution is 0.543. The summed E-state index contributed by atoms with van der Waals surface area (Å²) in [5.74, 6) is 0. The zero-order valence-electron chi connectivity index (χ0n) is 13.7. The summed E-state index contributed by atoms with van der Waals surface area (Å²) >= 11 is 0. The van der Waals surface area contributed by atoms with E-state index in [1.54, 1.807) is 0 Å².